The number of anilines is 1. The van der Waals surface area contributed by atoms with Gasteiger partial charge in [0.25, 0.3) is 0 Å². The summed E-state index contributed by atoms with van der Waals surface area (Å²) in [5, 5.41) is 2.76. The lowest BCUT2D eigenvalue weighted by Gasteiger charge is -2.29. The highest BCUT2D eigenvalue weighted by Crippen LogP contribution is 2.37. The lowest BCUT2D eigenvalue weighted by molar-refractivity contribution is -0.137. The molecule has 0 aromatic heterocycles. The van der Waals surface area contributed by atoms with Crippen LogP contribution in [0, 0.1) is 5.92 Å². The maximum Gasteiger partial charge on any atom is 0.416 e. The third kappa shape index (κ3) is 4.70. The van der Waals surface area contributed by atoms with Crippen LogP contribution in [-0.4, -0.2) is 21.0 Å². The van der Waals surface area contributed by atoms with Crippen molar-refractivity contribution in [3.63, 3.8) is 0 Å². The number of esters is 1. The van der Waals surface area contributed by atoms with Gasteiger partial charge in [0, 0.05) is 0 Å². The van der Waals surface area contributed by atoms with Crippen molar-refractivity contribution in [2.24, 2.45) is 5.92 Å². The average Bonchev–Trinajstić information content (AvgIpc) is 2.64. The van der Waals surface area contributed by atoms with Crippen LogP contribution in [0.3, 0.4) is 0 Å². The molecule has 0 spiro atoms. The maximum absolute atomic E-state index is 13.0. The molecule has 0 saturated heterocycles. The molecule has 0 amide bonds. The van der Waals surface area contributed by atoms with Gasteiger partial charge in [-0.1, -0.05) is 26.0 Å². The number of hydrogen-bond donors (Lipinski definition) is 2. The standard InChI is InChI=1S/C19H19F3N2O4S/c1-11(2)10-28-18(25)13-5-3-12(4-6-13)17-23-15-9-14(19(20,21)22)7-8-16(15)29(26,27)24-17/h3-9,11,17,23-24H,10H2,1-2H3. The van der Waals surface area contributed by atoms with Gasteiger partial charge in [-0.2, -0.15) is 17.9 Å². The molecule has 0 saturated carbocycles. The van der Waals surface area contributed by atoms with E-state index in [1.54, 1.807) is 0 Å². The van der Waals surface area contributed by atoms with E-state index in [0.29, 0.717) is 5.56 Å². The summed E-state index contributed by atoms with van der Waals surface area (Å²) < 4.78 is 71.3. The molecule has 29 heavy (non-hydrogen) atoms. The summed E-state index contributed by atoms with van der Waals surface area (Å²) in [7, 11) is -4.02. The first kappa shape index (κ1) is 21.1. The zero-order chi connectivity index (χ0) is 21.4. The van der Waals surface area contributed by atoms with Gasteiger partial charge in [0.15, 0.2) is 0 Å². The first-order valence-corrected chi connectivity index (χ1v) is 10.2. The van der Waals surface area contributed by atoms with Gasteiger partial charge in [0.1, 0.15) is 11.1 Å². The fraction of sp³-hybridized carbons (Fsp3) is 0.316. The number of carbonyl (C=O) groups excluding carboxylic acids is 1. The van der Waals surface area contributed by atoms with Crippen LogP contribution in [0.4, 0.5) is 18.9 Å². The number of ether oxygens (including phenoxy) is 1. The van der Waals surface area contributed by atoms with E-state index in [2.05, 4.69) is 10.0 Å². The number of nitrogens with one attached hydrogen (secondary N) is 2. The average molecular weight is 428 g/mol. The van der Waals surface area contributed by atoms with Crippen LogP contribution in [0.5, 0.6) is 0 Å². The van der Waals surface area contributed by atoms with Gasteiger partial charge in [0.2, 0.25) is 10.0 Å². The largest absolute Gasteiger partial charge is 0.462 e. The Morgan fingerprint density at radius 2 is 1.79 bits per heavy atom. The van der Waals surface area contributed by atoms with Crippen LogP contribution in [0.25, 0.3) is 0 Å². The molecule has 1 atom stereocenters. The Morgan fingerprint density at radius 1 is 1.14 bits per heavy atom. The lowest BCUT2D eigenvalue weighted by Crippen LogP contribution is -2.38. The van der Waals surface area contributed by atoms with Crippen molar-refractivity contribution in [1.29, 1.82) is 0 Å². The smallest absolute Gasteiger partial charge is 0.416 e. The summed E-state index contributed by atoms with van der Waals surface area (Å²) in [6, 6.07) is 8.34. The van der Waals surface area contributed by atoms with Crippen molar-refractivity contribution in [3.05, 3.63) is 59.2 Å². The molecule has 156 valence electrons. The van der Waals surface area contributed by atoms with E-state index in [1.807, 2.05) is 13.8 Å². The molecule has 3 rings (SSSR count). The van der Waals surface area contributed by atoms with Crippen molar-refractivity contribution in [2.45, 2.75) is 31.1 Å². The quantitative estimate of drug-likeness (QED) is 0.721. The van der Waals surface area contributed by atoms with E-state index in [4.69, 9.17) is 4.74 Å². The molecular formula is C19H19F3N2O4S. The molecule has 6 nitrogen and oxygen atoms in total. The normalized spacial score (nSPS) is 18.1. The third-order valence-corrected chi connectivity index (χ3v) is 5.68. The van der Waals surface area contributed by atoms with E-state index in [-0.39, 0.29) is 28.7 Å². The summed E-state index contributed by atoms with van der Waals surface area (Å²) in [5.41, 5.74) is -0.392. The number of benzene rings is 2. The maximum atomic E-state index is 13.0. The van der Waals surface area contributed by atoms with Crippen LogP contribution in [0.2, 0.25) is 0 Å². The van der Waals surface area contributed by atoms with Crippen molar-refractivity contribution in [2.75, 3.05) is 11.9 Å². The minimum absolute atomic E-state index is 0.149. The Kier molecular flexibility index (Phi) is 5.59. The predicted molar refractivity (Wildman–Crippen MR) is 99.7 cm³/mol. The number of halogens is 3. The fourth-order valence-electron chi connectivity index (χ4n) is 2.75. The number of rotatable bonds is 4. The topological polar surface area (TPSA) is 84.5 Å². The minimum Gasteiger partial charge on any atom is -0.462 e. The second-order valence-corrected chi connectivity index (χ2v) is 8.70. The molecule has 1 unspecified atom stereocenters. The van der Waals surface area contributed by atoms with Crippen LogP contribution in [-0.2, 0) is 20.9 Å². The van der Waals surface area contributed by atoms with Crippen molar-refractivity contribution < 1.29 is 31.1 Å². The number of fused-ring (bicyclic) bond motifs is 1. The lowest BCUT2D eigenvalue weighted by atomic mass is 10.1. The zero-order valence-corrected chi connectivity index (χ0v) is 16.4. The summed E-state index contributed by atoms with van der Waals surface area (Å²) in [6.07, 6.45) is -5.59. The van der Waals surface area contributed by atoms with E-state index in [9.17, 15) is 26.4 Å². The monoisotopic (exact) mass is 428 g/mol. The Morgan fingerprint density at radius 3 is 2.38 bits per heavy atom. The van der Waals surface area contributed by atoms with Crippen LogP contribution >= 0.6 is 0 Å². The minimum atomic E-state index is -4.60. The predicted octanol–water partition coefficient (Wildman–Crippen LogP) is 3.92. The van der Waals surface area contributed by atoms with Crippen molar-refractivity contribution in [1.82, 2.24) is 4.72 Å². The number of alkyl halides is 3. The first-order chi connectivity index (χ1) is 13.5. The second-order valence-electron chi connectivity index (χ2n) is 7.02. The third-order valence-electron chi connectivity index (χ3n) is 4.20. The van der Waals surface area contributed by atoms with Crippen molar-refractivity contribution >= 4 is 21.7 Å². The highest BCUT2D eigenvalue weighted by molar-refractivity contribution is 7.89. The molecule has 1 heterocycles. The highest BCUT2D eigenvalue weighted by Gasteiger charge is 2.35. The Labute approximate surface area is 166 Å². The highest BCUT2D eigenvalue weighted by atomic mass is 32.2. The summed E-state index contributed by atoms with van der Waals surface area (Å²) in [4.78, 5) is 11.7. The molecule has 10 heteroatoms. The van der Waals surface area contributed by atoms with Gasteiger partial charge in [-0.25, -0.2) is 13.2 Å². The molecule has 0 radical (unpaired) electrons. The molecule has 0 fully saturated rings. The fourth-order valence-corrected chi connectivity index (χ4v) is 4.03. The van der Waals surface area contributed by atoms with Gasteiger partial charge in [-0.15, -0.1) is 0 Å². The molecule has 2 aromatic rings. The van der Waals surface area contributed by atoms with Gasteiger partial charge >= 0.3 is 12.1 Å². The number of hydrogen-bond acceptors (Lipinski definition) is 5. The molecule has 0 bridgehead atoms. The number of carbonyl (C=O) groups is 1. The molecule has 2 N–H and O–H groups in total. The Balaban J connectivity index is 1.85. The van der Waals surface area contributed by atoms with E-state index < -0.39 is 33.9 Å². The molecule has 0 aliphatic carbocycles. The summed E-state index contributed by atoms with van der Waals surface area (Å²) >= 11 is 0. The second kappa shape index (κ2) is 7.68. The van der Waals surface area contributed by atoms with Crippen LogP contribution in [0.15, 0.2) is 47.4 Å². The number of sulfonamides is 1. The Hall–Kier alpha value is -2.59. The SMILES string of the molecule is CC(C)COC(=O)c1ccc(C2Nc3cc(C(F)(F)F)ccc3S(=O)(=O)N2)cc1. The zero-order valence-electron chi connectivity index (χ0n) is 15.6. The molecule has 2 aromatic carbocycles. The van der Waals surface area contributed by atoms with Crippen LogP contribution < -0.4 is 10.0 Å². The van der Waals surface area contributed by atoms with Crippen LogP contribution in [0.1, 0.15) is 41.5 Å². The van der Waals surface area contributed by atoms with Gasteiger partial charge in [-0.3, -0.25) is 0 Å². The van der Waals surface area contributed by atoms with E-state index in [0.717, 1.165) is 18.2 Å². The molecule has 1 aliphatic rings. The molecule has 1 aliphatic heterocycles. The van der Waals surface area contributed by atoms with Crippen molar-refractivity contribution in [3.8, 4) is 0 Å². The van der Waals surface area contributed by atoms with Gasteiger partial charge in [0.05, 0.1) is 23.4 Å². The van der Waals surface area contributed by atoms with Gasteiger partial charge < -0.3 is 10.1 Å². The molecular weight excluding hydrogens is 409 g/mol. The van der Waals surface area contributed by atoms with E-state index >= 15 is 0 Å². The Bertz CT molecular complexity index is 1020. The summed E-state index contributed by atoms with van der Waals surface area (Å²) in [5.74, 6) is -0.330. The van der Waals surface area contributed by atoms with Gasteiger partial charge in [-0.05, 0) is 41.8 Å². The first-order valence-electron chi connectivity index (χ1n) is 8.74. The van der Waals surface area contributed by atoms with E-state index in [1.165, 1.54) is 24.3 Å². The summed E-state index contributed by atoms with van der Waals surface area (Å²) in [6.45, 7) is 4.07.